The van der Waals surface area contributed by atoms with Gasteiger partial charge in [-0.05, 0) is 54.8 Å². The molecular formula is C17H16BrClN2O2. The molecule has 2 amide bonds. The molecule has 0 bridgehead atoms. The molecule has 0 saturated carbocycles. The van der Waals surface area contributed by atoms with Crippen molar-refractivity contribution < 1.29 is 9.59 Å². The van der Waals surface area contributed by atoms with Gasteiger partial charge in [0.15, 0.2) is 0 Å². The second kappa shape index (κ2) is 8.13. The van der Waals surface area contributed by atoms with Gasteiger partial charge < -0.3 is 10.6 Å². The van der Waals surface area contributed by atoms with E-state index in [1.807, 2.05) is 31.2 Å². The Labute approximate surface area is 148 Å². The lowest BCUT2D eigenvalue weighted by atomic mass is 10.1. The maximum absolute atomic E-state index is 11.8. The number of carbonyl (C=O) groups excluding carboxylic acids is 2. The van der Waals surface area contributed by atoms with Crippen LogP contribution in [-0.2, 0) is 16.0 Å². The molecule has 4 nitrogen and oxygen atoms in total. The van der Waals surface area contributed by atoms with E-state index in [2.05, 4.69) is 26.6 Å². The van der Waals surface area contributed by atoms with Gasteiger partial charge in [-0.3, -0.25) is 9.59 Å². The molecule has 0 aliphatic rings. The highest BCUT2D eigenvalue weighted by Crippen LogP contribution is 2.19. The maximum Gasteiger partial charge on any atom is 0.313 e. The van der Waals surface area contributed by atoms with Gasteiger partial charge in [-0.1, -0.05) is 39.7 Å². The molecule has 0 aromatic heterocycles. The Morgan fingerprint density at radius 2 is 1.91 bits per heavy atom. The van der Waals surface area contributed by atoms with E-state index in [0.717, 1.165) is 15.6 Å². The quantitative estimate of drug-likeness (QED) is 0.775. The van der Waals surface area contributed by atoms with E-state index in [1.54, 1.807) is 18.2 Å². The average Bonchev–Trinajstić information content (AvgIpc) is 2.51. The Kier molecular flexibility index (Phi) is 6.19. The molecule has 0 fully saturated rings. The second-order valence-corrected chi connectivity index (χ2v) is 6.34. The number of nitrogens with one attached hydrogen (secondary N) is 2. The van der Waals surface area contributed by atoms with Crippen molar-refractivity contribution in [1.29, 1.82) is 0 Å². The molecule has 23 heavy (non-hydrogen) atoms. The van der Waals surface area contributed by atoms with Gasteiger partial charge in [-0.2, -0.15) is 0 Å². The fourth-order valence-corrected chi connectivity index (χ4v) is 2.46. The standard InChI is InChI=1S/C17H16BrClN2O2/c1-11-9-14(5-6-15(11)18)21-17(23)16(22)20-8-7-12-3-2-4-13(19)10-12/h2-6,9-10H,7-8H2,1H3,(H,20,22)(H,21,23). The molecular weight excluding hydrogens is 380 g/mol. The van der Waals surface area contributed by atoms with Gasteiger partial charge in [-0.25, -0.2) is 0 Å². The molecule has 2 rings (SSSR count). The third-order valence-electron chi connectivity index (χ3n) is 3.21. The highest BCUT2D eigenvalue weighted by molar-refractivity contribution is 9.10. The van der Waals surface area contributed by atoms with E-state index in [4.69, 9.17) is 11.6 Å². The first-order valence-corrected chi connectivity index (χ1v) is 8.22. The highest BCUT2D eigenvalue weighted by Gasteiger charge is 2.13. The summed E-state index contributed by atoms with van der Waals surface area (Å²) in [6, 6.07) is 12.7. The molecule has 2 aromatic rings. The fourth-order valence-electron chi connectivity index (χ4n) is 2.00. The topological polar surface area (TPSA) is 58.2 Å². The third-order valence-corrected chi connectivity index (χ3v) is 4.34. The lowest BCUT2D eigenvalue weighted by Crippen LogP contribution is -2.36. The summed E-state index contributed by atoms with van der Waals surface area (Å²) in [5.74, 6) is -1.34. The van der Waals surface area contributed by atoms with E-state index < -0.39 is 11.8 Å². The number of rotatable bonds is 4. The Balaban J connectivity index is 1.83. The van der Waals surface area contributed by atoms with Gasteiger partial charge in [0.2, 0.25) is 0 Å². The largest absolute Gasteiger partial charge is 0.347 e. The van der Waals surface area contributed by atoms with Crippen LogP contribution in [0, 0.1) is 6.92 Å². The van der Waals surface area contributed by atoms with Crippen LogP contribution in [0.1, 0.15) is 11.1 Å². The molecule has 120 valence electrons. The molecule has 0 spiro atoms. The number of halogens is 2. The van der Waals surface area contributed by atoms with Crippen LogP contribution in [-0.4, -0.2) is 18.4 Å². The predicted octanol–water partition coefficient (Wildman–Crippen LogP) is 3.71. The number of benzene rings is 2. The molecule has 2 N–H and O–H groups in total. The van der Waals surface area contributed by atoms with Gasteiger partial charge >= 0.3 is 11.8 Å². The number of amides is 2. The Bertz CT molecular complexity index is 734. The number of anilines is 1. The zero-order valence-electron chi connectivity index (χ0n) is 12.5. The summed E-state index contributed by atoms with van der Waals surface area (Å²) < 4.78 is 0.946. The molecule has 2 aromatic carbocycles. The van der Waals surface area contributed by atoms with Crippen LogP contribution in [0.5, 0.6) is 0 Å². The van der Waals surface area contributed by atoms with Crippen LogP contribution in [0.25, 0.3) is 0 Å². The summed E-state index contributed by atoms with van der Waals surface area (Å²) in [4.78, 5) is 23.6. The zero-order valence-corrected chi connectivity index (χ0v) is 14.9. The van der Waals surface area contributed by atoms with Crippen LogP contribution in [0.15, 0.2) is 46.9 Å². The molecule has 0 radical (unpaired) electrons. The summed E-state index contributed by atoms with van der Waals surface area (Å²) in [6.07, 6.45) is 0.608. The first-order chi connectivity index (χ1) is 11.0. The molecule has 0 saturated heterocycles. The normalized spacial score (nSPS) is 10.2. The van der Waals surface area contributed by atoms with Gasteiger partial charge in [0, 0.05) is 21.7 Å². The van der Waals surface area contributed by atoms with Crippen LogP contribution in [0.3, 0.4) is 0 Å². The maximum atomic E-state index is 11.8. The zero-order chi connectivity index (χ0) is 16.8. The Morgan fingerprint density at radius 1 is 1.13 bits per heavy atom. The first-order valence-electron chi connectivity index (χ1n) is 7.05. The van der Waals surface area contributed by atoms with Gasteiger partial charge in [0.05, 0.1) is 0 Å². The third kappa shape index (κ3) is 5.37. The van der Waals surface area contributed by atoms with Gasteiger partial charge in [0.1, 0.15) is 0 Å². The van der Waals surface area contributed by atoms with Crippen molar-refractivity contribution in [2.45, 2.75) is 13.3 Å². The first kappa shape index (κ1) is 17.5. The van der Waals surface area contributed by atoms with E-state index in [-0.39, 0.29) is 0 Å². The predicted molar refractivity (Wildman–Crippen MR) is 95.7 cm³/mol. The molecule has 0 atom stereocenters. The van der Waals surface area contributed by atoms with Crippen molar-refractivity contribution in [2.24, 2.45) is 0 Å². The summed E-state index contributed by atoms with van der Waals surface area (Å²) in [5, 5.41) is 5.82. The summed E-state index contributed by atoms with van der Waals surface area (Å²) in [7, 11) is 0. The van der Waals surface area contributed by atoms with Crippen molar-refractivity contribution in [3.8, 4) is 0 Å². The van der Waals surface area contributed by atoms with Crippen LogP contribution >= 0.6 is 27.5 Å². The minimum Gasteiger partial charge on any atom is -0.347 e. The lowest BCUT2D eigenvalue weighted by Gasteiger charge is -2.08. The van der Waals surface area contributed by atoms with Crippen LogP contribution in [0.4, 0.5) is 5.69 Å². The van der Waals surface area contributed by atoms with Crippen molar-refractivity contribution in [1.82, 2.24) is 5.32 Å². The van der Waals surface area contributed by atoms with Gasteiger partial charge in [0.25, 0.3) is 0 Å². The van der Waals surface area contributed by atoms with E-state index in [0.29, 0.717) is 23.7 Å². The molecule has 0 aliphatic carbocycles. The number of carbonyl (C=O) groups is 2. The van der Waals surface area contributed by atoms with Crippen molar-refractivity contribution in [2.75, 3.05) is 11.9 Å². The number of hydrogen-bond donors (Lipinski definition) is 2. The fraction of sp³-hybridized carbons (Fsp3) is 0.176. The SMILES string of the molecule is Cc1cc(NC(=O)C(=O)NCCc2cccc(Cl)c2)ccc1Br. The Hall–Kier alpha value is -1.85. The van der Waals surface area contributed by atoms with E-state index >= 15 is 0 Å². The molecule has 0 heterocycles. The number of aryl methyl sites for hydroxylation is 1. The monoisotopic (exact) mass is 394 g/mol. The smallest absolute Gasteiger partial charge is 0.313 e. The van der Waals surface area contributed by atoms with Crippen molar-refractivity contribution in [3.63, 3.8) is 0 Å². The van der Waals surface area contributed by atoms with E-state index in [9.17, 15) is 9.59 Å². The minimum atomic E-state index is -0.683. The van der Waals surface area contributed by atoms with Gasteiger partial charge in [-0.15, -0.1) is 0 Å². The van der Waals surface area contributed by atoms with E-state index in [1.165, 1.54) is 0 Å². The van der Waals surface area contributed by atoms with Crippen molar-refractivity contribution in [3.05, 3.63) is 63.1 Å². The Morgan fingerprint density at radius 3 is 2.61 bits per heavy atom. The summed E-state index contributed by atoms with van der Waals surface area (Å²) >= 11 is 9.28. The lowest BCUT2D eigenvalue weighted by molar-refractivity contribution is -0.136. The van der Waals surface area contributed by atoms with Crippen molar-refractivity contribution >= 4 is 45.0 Å². The molecule has 6 heteroatoms. The second-order valence-electron chi connectivity index (χ2n) is 5.05. The number of hydrogen-bond acceptors (Lipinski definition) is 2. The average molecular weight is 396 g/mol. The molecule has 0 unspecified atom stereocenters. The summed E-state index contributed by atoms with van der Waals surface area (Å²) in [5.41, 5.74) is 2.56. The van der Waals surface area contributed by atoms with Crippen LogP contribution in [0.2, 0.25) is 5.02 Å². The summed E-state index contributed by atoms with van der Waals surface area (Å²) in [6.45, 7) is 2.27. The minimum absolute atomic E-state index is 0.367. The van der Waals surface area contributed by atoms with Crippen LogP contribution < -0.4 is 10.6 Å². The molecule has 0 aliphatic heterocycles. The highest BCUT2D eigenvalue weighted by atomic mass is 79.9.